The van der Waals surface area contributed by atoms with Crippen LogP contribution < -0.4 is 4.74 Å². The van der Waals surface area contributed by atoms with Crippen molar-refractivity contribution in [3.05, 3.63) is 53.3 Å². The number of ether oxygens (including phenoxy) is 2. The molecule has 0 radical (unpaired) electrons. The van der Waals surface area contributed by atoms with Crippen molar-refractivity contribution in [3.63, 3.8) is 0 Å². The average molecular weight is 344 g/mol. The highest BCUT2D eigenvalue weighted by atomic mass is 19.1. The van der Waals surface area contributed by atoms with E-state index in [1.165, 1.54) is 6.07 Å². The first kappa shape index (κ1) is 19.5. The van der Waals surface area contributed by atoms with Gasteiger partial charge >= 0.3 is 0 Å². The van der Waals surface area contributed by atoms with E-state index in [4.69, 9.17) is 9.47 Å². The van der Waals surface area contributed by atoms with Gasteiger partial charge in [-0.15, -0.1) is 0 Å². The van der Waals surface area contributed by atoms with Crippen LogP contribution in [0.2, 0.25) is 0 Å². The van der Waals surface area contributed by atoms with Crippen LogP contribution in [0.25, 0.3) is 11.1 Å². The summed E-state index contributed by atoms with van der Waals surface area (Å²) in [5.74, 6) is 0.396. The Kier molecular flexibility index (Phi) is 5.58. The van der Waals surface area contributed by atoms with E-state index in [-0.39, 0.29) is 16.8 Å². The van der Waals surface area contributed by atoms with Crippen molar-refractivity contribution in [1.29, 1.82) is 0 Å². The molecule has 0 N–H and O–H groups in total. The molecule has 136 valence electrons. The number of rotatable bonds is 4. The molecule has 0 aromatic heterocycles. The van der Waals surface area contributed by atoms with Crippen LogP contribution in [0, 0.1) is 5.82 Å². The van der Waals surface area contributed by atoms with Crippen LogP contribution in [0.4, 0.5) is 4.39 Å². The molecular formula is C22H29FO2. The molecule has 0 bridgehead atoms. The normalized spacial score (nSPS) is 12.3. The lowest BCUT2D eigenvalue weighted by Crippen LogP contribution is -2.19. The molecule has 0 saturated carbocycles. The van der Waals surface area contributed by atoms with E-state index in [2.05, 4.69) is 32.9 Å². The van der Waals surface area contributed by atoms with Gasteiger partial charge in [0, 0.05) is 5.56 Å². The maximum atomic E-state index is 14.6. The summed E-state index contributed by atoms with van der Waals surface area (Å²) in [5, 5.41) is 0. The van der Waals surface area contributed by atoms with Crippen LogP contribution in [0.1, 0.15) is 52.7 Å². The first-order valence-corrected chi connectivity index (χ1v) is 8.62. The van der Waals surface area contributed by atoms with Crippen LogP contribution in [0.5, 0.6) is 5.75 Å². The van der Waals surface area contributed by atoms with Gasteiger partial charge in [0.05, 0.1) is 19.3 Å². The summed E-state index contributed by atoms with van der Waals surface area (Å²) in [6, 6.07) is 11.0. The van der Waals surface area contributed by atoms with Gasteiger partial charge in [-0.1, -0.05) is 32.9 Å². The molecule has 0 amide bonds. The Labute approximate surface area is 151 Å². The lowest BCUT2D eigenvalue weighted by atomic mass is 9.81. The van der Waals surface area contributed by atoms with E-state index in [1.807, 2.05) is 26.8 Å². The number of halogens is 1. The summed E-state index contributed by atoms with van der Waals surface area (Å²) in [6.07, 6.45) is 0. The highest BCUT2D eigenvalue weighted by Crippen LogP contribution is 2.36. The third kappa shape index (κ3) is 5.05. The van der Waals surface area contributed by atoms with Gasteiger partial charge in [0.15, 0.2) is 0 Å². The van der Waals surface area contributed by atoms with Crippen molar-refractivity contribution in [2.24, 2.45) is 0 Å². The standard InChI is InChI=1S/C22H29FO2/c1-21(2,3)19-10-8-15(14-25-22(4,5)6)12-17(19)18-13-16(24-7)9-11-20(18)23/h8-13H,14H2,1-7H3. The van der Waals surface area contributed by atoms with E-state index < -0.39 is 0 Å². The van der Waals surface area contributed by atoms with E-state index >= 15 is 0 Å². The molecule has 0 unspecified atom stereocenters. The fraction of sp³-hybridized carbons (Fsp3) is 0.455. The lowest BCUT2D eigenvalue weighted by molar-refractivity contribution is -0.0149. The lowest BCUT2D eigenvalue weighted by Gasteiger charge is -2.25. The molecule has 0 saturated heterocycles. The number of methoxy groups -OCH3 is 1. The topological polar surface area (TPSA) is 18.5 Å². The Balaban J connectivity index is 2.56. The van der Waals surface area contributed by atoms with E-state index in [0.717, 1.165) is 16.7 Å². The fourth-order valence-electron chi connectivity index (χ4n) is 2.70. The molecule has 0 fully saturated rings. The first-order chi connectivity index (χ1) is 11.5. The molecule has 2 aromatic carbocycles. The third-order valence-electron chi connectivity index (χ3n) is 4.03. The molecule has 0 heterocycles. The zero-order chi connectivity index (χ0) is 18.8. The Morgan fingerprint density at radius 1 is 0.880 bits per heavy atom. The Hall–Kier alpha value is -1.87. The molecule has 0 atom stereocenters. The Morgan fingerprint density at radius 2 is 1.56 bits per heavy atom. The summed E-state index contributed by atoms with van der Waals surface area (Å²) < 4.78 is 25.8. The van der Waals surface area contributed by atoms with Crippen LogP contribution in [0.3, 0.4) is 0 Å². The predicted molar refractivity (Wildman–Crippen MR) is 102 cm³/mol. The van der Waals surface area contributed by atoms with Crippen molar-refractivity contribution in [2.45, 2.75) is 59.2 Å². The number of hydrogen-bond donors (Lipinski definition) is 0. The molecule has 0 spiro atoms. The summed E-state index contributed by atoms with van der Waals surface area (Å²) in [5.41, 5.74) is 3.25. The van der Waals surface area contributed by atoms with Crippen LogP contribution in [-0.2, 0) is 16.8 Å². The minimum absolute atomic E-state index is 0.103. The summed E-state index contributed by atoms with van der Waals surface area (Å²) in [6.45, 7) is 13.0. The first-order valence-electron chi connectivity index (χ1n) is 8.62. The largest absolute Gasteiger partial charge is 0.497 e. The second-order valence-electron chi connectivity index (χ2n) is 8.38. The molecule has 0 aliphatic heterocycles. The van der Waals surface area contributed by atoms with Gasteiger partial charge in [0.25, 0.3) is 0 Å². The number of hydrogen-bond acceptors (Lipinski definition) is 2. The van der Waals surface area contributed by atoms with E-state index in [9.17, 15) is 4.39 Å². The van der Waals surface area contributed by atoms with E-state index in [1.54, 1.807) is 19.2 Å². The van der Waals surface area contributed by atoms with Gasteiger partial charge in [-0.25, -0.2) is 4.39 Å². The summed E-state index contributed by atoms with van der Waals surface area (Å²) in [4.78, 5) is 0. The van der Waals surface area contributed by atoms with Gasteiger partial charge in [-0.05, 0) is 67.1 Å². The molecule has 2 rings (SSSR count). The molecule has 25 heavy (non-hydrogen) atoms. The quantitative estimate of drug-likeness (QED) is 0.666. The second kappa shape index (κ2) is 7.17. The van der Waals surface area contributed by atoms with Crippen molar-refractivity contribution >= 4 is 0 Å². The van der Waals surface area contributed by atoms with Crippen LogP contribution >= 0.6 is 0 Å². The smallest absolute Gasteiger partial charge is 0.131 e. The van der Waals surface area contributed by atoms with Crippen molar-refractivity contribution in [1.82, 2.24) is 0 Å². The zero-order valence-corrected chi connectivity index (χ0v) is 16.4. The number of benzene rings is 2. The van der Waals surface area contributed by atoms with Gasteiger partial charge in [0.2, 0.25) is 0 Å². The van der Waals surface area contributed by atoms with Gasteiger partial charge in [0.1, 0.15) is 11.6 Å². The molecule has 0 aliphatic carbocycles. The average Bonchev–Trinajstić information content (AvgIpc) is 2.51. The maximum Gasteiger partial charge on any atom is 0.131 e. The highest BCUT2D eigenvalue weighted by Gasteiger charge is 2.21. The summed E-state index contributed by atoms with van der Waals surface area (Å²) >= 11 is 0. The van der Waals surface area contributed by atoms with Gasteiger partial charge in [-0.2, -0.15) is 0 Å². The maximum absolute atomic E-state index is 14.6. The van der Waals surface area contributed by atoms with Crippen molar-refractivity contribution in [3.8, 4) is 16.9 Å². The third-order valence-corrected chi connectivity index (χ3v) is 4.03. The highest BCUT2D eigenvalue weighted by molar-refractivity contribution is 5.71. The van der Waals surface area contributed by atoms with Gasteiger partial charge < -0.3 is 9.47 Å². The molecule has 3 heteroatoms. The minimum atomic E-state index is -0.250. The minimum Gasteiger partial charge on any atom is -0.497 e. The molecular weight excluding hydrogens is 315 g/mol. The Bertz CT molecular complexity index is 737. The monoisotopic (exact) mass is 344 g/mol. The van der Waals surface area contributed by atoms with Crippen LogP contribution in [-0.4, -0.2) is 12.7 Å². The van der Waals surface area contributed by atoms with E-state index in [0.29, 0.717) is 17.9 Å². The second-order valence-corrected chi connectivity index (χ2v) is 8.38. The SMILES string of the molecule is COc1ccc(F)c(-c2cc(COC(C)(C)C)ccc2C(C)(C)C)c1. The summed E-state index contributed by atoms with van der Waals surface area (Å²) in [7, 11) is 1.59. The molecule has 0 aliphatic rings. The zero-order valence-electron chi connectivity index (χ0n) is 16.4. The van der Waals surface area contributed by atoms with Crippen LogP contribution in [0.15, 0.2) is 36.4 Å². The molecule has 2 aromatic rings. The van der Waals surface area contributed by atoms with Gasteiger partial charge in [-0.3, -0.25) is 0 Å². The predicted octanol–water partition coefficient (Wildman–Crippen LogP) is 6.11. The fourth-order valence-corrected chi connectivity index (χ4v) is 2.70. The Morgan fingerprint density at radius 3 is 2.12 bits per heavy atom. The molecule has 2 nitrogen and oxygen atoms in total. The van der Waals surface area contributed by atoms with Crippen molar-refractivity contribution in [2.75, 3.05) is 7.11 Å². The van der Waals surface area contributed by atoms with Crippen molar-refractivity contribution < 1.29 is 13.9 Å².